The first-order chi connectivity index (χ1) is 15.4. The van der Waals surface area contributed by atoms with E-state index in [1.165, 1.54) is 11.0 Å². The zero-order valence-corrected chi connectivity index (χ0v) is 18.7. The van der Waals surface area contributed by atoms with Crippen molar-refractivity contribution in [2.24, 2.45) is 0 Å². The summed E-state index contributed by atoms with van der Waals surface area (Å²) < 4.78 is 5.78. The van der Waals surface area contributed by atoms with Crippen LogP contribution in [0.15, 0.2) is 78.9 Å². The zero-order chi connectivity index (χ0) is 22.9. The molecule has 0 saturated carbocycles. The molecule has 0 fully saturated rings. The minimum atomic E-state index is -0.244. The number of hydrogen-bond acceptors (Lipinski definition) is 3. The number of carbonyl (C=O) groups excluding carboxylic acids is 2. The van der Waals surface area contributed by atoms with Gasteiger partial charge >= 0.3 is 0 Å². The van der Waals surface area contributed by atoms with Crippen molar-refractivity contribution in [3.05, 3.63) is 101 Å². The molecule has 0 radical (unpaired) electrons. The van der Waals surface area contributed by atoms with Gasteiger partial charge in [0, 0.05) is 18.8 Å². The van der Waals surface area contributed by atoms with Crippen LogP contribution in [0.25, 0.3) is 6.08 Å². The van der Waals surface area contributed by atoms with Crippen LogP contribution in [-0.2, 0) is 16.2 Å². The lowest BCUT2D eigenvalue weighted by Gasteiger charge is -2.16. The van der Waals surface area contributed by atoms with Gasteiger partial charge in [-0.15, -0.1) is 0 Å². The van der Waals surface area contributed by atoms with Crippen LogP contribution in [0.5, 0.6) is 5.75 Å². The molecule has 0 atom stereocenters. The van der Waals surface area contributed by atoms with Gasteiger partial charge in [0.25, 0.3) is 0 Å². The fourth-order valence-corrected chi connectivity index (χ4v) is 3.19. The fourth-order valence-electron chi connectivity index (χ4n) is 3.19. The molecule has 0 aliphatic heterocycles. The molecule has 3 aromatic carbocycles. The fraction of sp³-hybridized carbons (Fsp3) is 0.185. The molecular formula is C27H28N2O3. The first-order valence-corrected chi connectivity index (χ1v) is 10.5. The van der Waals surface area contributed by atoms with Crippen LogP contribution < -0.4 is 10.1 Å². The van der Waals surface area contributed by atoms with Crippen molar-refractivity contribution in [2.45, 2.75) is 20.5 Å². The number of likely N-dealkylation sites (N-methyl/N-ethyl adjacent to an activating group) is 1. The summed E-state index contributed by atoms with van der Waals surface area (Å²) in [5, 5.41) is 2.90. The van der Waals surface area contributed by atoms with E-state index in [0.29, 0.717) is 6.61 Å². The zero-order valence-electron chi connectivity index (χ0n) is 18.7. The van der Waals surface area contributed by atoms with Gasteiger partial charge in [-0.25, -0.2) is 0 Å². The van der Waals surface area contributed by atoms with Crippen molar-refractivity contribution in [2.75, 3.05) is 18.9 Å². The van der Waals surface area contributed by atoms with Crippen LogP contribution in [-0.4, -0.2) is 30.3 Å². The number of hydrogen-bond donors (Lipinski definition) is 1. The number of anilines is 1. The molecule has 3 aromatic rings. The molecule has 5 heteroatoms. The van der Waals surface area contributed by atoms with E-state index in [1.54, 1.807) is 13.1 Å². The van der Waals surface area contributed by atoms with E-state index in [2.05, 4.69) is 5.32 Å². The van der Waals surface area contributed by atoms with Gasteiger partial charge in [0.1, 0.15) is 12.4 Å². The minimum absolute atomic E-state index is 0.0246. The van der Waals surface area contributed by atoms with Crippen molar-refractivity contribution in [1.29, 1.82) is 0 Å². The van der Waals surface area contributed by atoms with Crippen LogP contribution in [0.3, 0.4) is 0 Å². The largest absolute Gasteiger partial charge is 0.489 e. The molecule has 3 rings (SSSR count). The molecule has 0 saturated heterocycles. The highest BCUT2D eigenvalue weighted by Gasteiger charge is 2.12. The molecule has 0 bridgehead atoms. The van der Waals surface area contributed by atoms with E-state index in [4.69, 9.17) is 4.74 Å². The highest BCUT2D eigenvalue weighted by Crippen LogP contribution is 2.19. The summed E-state index contributed by atoms with van der Waals surface area (Å²) in [6.45, 7) is 4.36. The summed E-state index contributed by atoms with van der Waals surface area (Å²) in [6.07, 6.45) is 3.19. The highest BCUT2D eigenvalue weighted by molar-refractivity contribution is 5.98. The average molecular weight is 429 g/mol. The second-order valence-electron chi connectivity index (χ2n) is 7.69. The summed E-state index contributed by atoms with van der Waals surface area (Å²) in [5.74, 6) is 0.287. The van der Waals surface area contributed by atoms with Crippen LogP contribution in [0, 0.1) is 13.8 Å². The van der Waals surface area contributed by atoms with Gasteiger partial charge in [0.15, 0.2) is 0 Å². The summed E-state index contributed by atoms with van der Waals surface area (Å²) >= 11 is 0. The van der Waals surface area contributed by atoms with Crippen molar-refractivity contribution in [3.8, 4) is 5.75 Å². The third-order valence-corrected chi connectivity index (χ3v) is 5.05. The summed E-state index contributed by atoms with van der Waals surface area (Å²) in [4.78, 5) is 26.1. The summed E-state index contributed by atoms with van der Waals surface area (Å²) in [6, 6.07) is 23.3. The Hall–Kier alpha value is -3.86. The molecule has 5 nitrogen and oxygen atoms in total. The predicted octanol–water partition coefficient (Wildman–Crippen LogP) is 4.99. The van der Waals surface area contributed by atoms with E-state index in [0.717, 1.165) is 33.7 Å². The molecule has 0 unspecified atom stereocenters. The Kier molecular flexibility index (Phi) is 7.81. The maximum Gasteiger partial charge on any atom is 0.246 e. The Bertz CT molecular complexity index is 1070. The summed E-state index contributed by atoms with van der Waals surface area (Å²) in [5.41, 5.74) is 4.75. The minimum Gasteiger partial charge on any atom is -0.489 e. The maximum absolute atomic E-state index is 12.4. The molecule has 0 heterocycles. The SMILES string of the molecule is Cc1cccc(C)c1NC(=O)CN(C)C(=O)/C=C/c1ccc(OCc2ccccc2)cc1. The number of nitrogens with one attached hydrogen (secondary N) is 1. The molecule has 0 spiro atoms. The summed E-state index contributed by atoms with van der Waals surface area (Å²) in [7, 11) is 1.61. The Balaban J connectivity index is 1.50. The van der Waals surface area contributed by atoms with Crippen molar-refractivity contribution >= 4 is 23.6 Å². The third kappa shape index (κ3) is 6.57. The van der Waals surface area contributed by atoms with E-state index >= 15 is 0 Å². The normalized spacial score (nSPS) is 10.7. The average Bonchev–Trinajstić information content (AvgIpc) is 2.80. The van der Waals surface area contributed by atoms with Gasteiger partial charge in [-0.05, 0) is 54.3 Å². The second kappa shape index (κ2) is 11.0. The van der Waals surface area contributed by atoms with E-state index in [-0.39, 0.29) is 18.4 Å². The number of ether oxygens (including phenoxy) is 1. The van der Waals surface area contributed by atoms with Crippen LogP contribution >= 0.6 is 0 Å². The molecule has 0 aliphatic rings. The van der Waals surface area contributed by atoms with Crippen molar-refractivity contribution < 1.29 is 14.3 Å². The monoisotopic (exact) mass is 428 g/mol. The Morgan fingerprint density at radius 1 is 0.906 bits per heavy atom. The maximum atomic E-state index is 12.4. The number of benzene rings is 3. The molecular weight excluding hydrogens is 400 g/mol. The first-order valence-electron chi connectivity index (χ1n) is 10.5. The van der Waals surface area contributed by atoms with Crippen LogP contribution in [0.1, 0.15) is 22.3 Å². The van der Waals surface area contributed by atoms with E-state index in [9.17, 15) is 9.59 Å². The van der Waals surface area contributed by atoms with Gasteiger partial charge in [-0.3, -0.25) is 9.59 Å². The number of carbonyl (C=O) groups is 2. The lowest BCUT2D eigenvalue weighted by Crippen LogP contribution is -2.34. The van der Waals surface area contributed by atoms with Crippen LogP contribution in [0.2, 0.25) is 0 Å². The predicted molar refractivity (Wildman–Crippen MR) is 128 cm³/mol. The molecule has 164 valence electrons. The highest BCUT2D eigenvalue weighted by atomic mass is 16.5. The first kappa shape index (κ1) is 22.8. The number of nitrogens with zero attached hydrogens (tertiary/aromatic N) is 1. The van der Waals surface area contributed by atoms with E-state index < -0.39 is 0 Å². The van der Waals surface area contributed by atoms with Gasteiger partial charge in [-0.1, -0.05) is 60.7 Å². The number of rotatable bonds is 8. The topological polar surface area (TPSA) is 58.6 Å². The third-order valence-electron chi connectivity index (χ3n) is 5.05. The standard InChI is InChI=1S/C27H28N2O3/c1-20-8-7-9-21(2)27(20)28-25(30)18-29(3)26(31)17-14-22-12-15-24(16-13-22)32-19-23-10-5-4-6-11-23/h4-17H,18-19H2,1-3H3,(H,28,30)/b17-14+. The molecule has 2 amide bonds. The lowest BCUT2D eigenvalue weighted by atomic mass is 10.1. The quantitative estimate of drug-likeness (QED) is 0.514. The second-order valence-corrected chi connectivity index (χ2v) is 7.69. The van der Waals surface area contributed by atoms with Crippen molar-refractivity contribution in [1.82, 2.24) is 4.90 Å². The van der Waals surface area contributed by atoms with Gasteiger partial charge in [-0.2, -0.15) is 0 Å². The van der Waals surface area contributed by atoms with Gasteiger partial charge in [0.2, 0.25) is 11.8 Å². The number of amides is 2. The van der Waals surface area contributed by atoms with Crippen molar-refractivity contribution in [3.63, 3.8) is 0 Å². The lowest BCUT2D eigenvalue weighted by molar-refractivity contribution is -0.129. The molecule has 0 aliphatic carbocycles. The smallest absolute Gasteiger partial charge is 0.246 e. The Morgan fingerprint density at radius 2 is 1.56 bits per heavy atom. The number of aryl methyl sites for hydroxylation is 2. The Labute approximate surface area is 189 Å². The van der Waals surface area contributed by atoms with Crippen LogP contribution in [0.4, 0.5) is 5.69 Å². The molecule has 0 aromatic heterocycles. The van der Waals surface area contributed by atoms with Gasteiger partial charge in [0.05, 0.1) is 6.54 Å². The molecule has 1 N–H and O–H groups in total. The van der Waals surface area contributed by atoms with Gasteiger partial charge < -0.3 is 15.0 Å². The van der Waals surface area contributed by atoms with E-state index in [1.807, 2.05) is 86.6 Å². The Morgan fingerprint density at radius 3 is 2.22 bits per heavy atom. The molecule has 32 heavy (non-hydrogen) atoms. The number of para-hydroxylation sites is 1.